The molecule has 0 aromatic heterocycles. The minimum Gasteiger partial charge on any atom is -0.491 e. The molecule has 1 unspecified atom stereocenters. The highest BCUT2D eigenvalue weighted by Gasteiger charge is 2.32. The number of benzene rings is 2. The van der Waals surface area contributed by atoms with E-state index in [1.54, 1.807) is 0 Å². The third-order valence-corrected chi connectivity index (χ3v) is 8.51. The normalized spacial score (nSPS) is 13.3. The van der Waals surface area contributed by atoms with E-state index in [0.717, 1.165) is 52.0 Å². The van der Waals surface area contributed by atoms with Gasteiger partial charge in [-0.25, -0.2) is 13.2 Å². The molecule has 2 N–H and O–H groups in total. The maximum atomic E-state index is 11.7. The van der Waals surface area contributed by atoms with Crippen molar-refractivity contribution in [1.29, 1.82) is 0 Å². The molecule has 7 nitrogen and oxygen atoms in total. The van der Waals surface area contributed by atoms with Gasteiger partial charge in [0, 0.05) is 24.8 Å². The minimum absolute atomic E-state index is 0.0658. The largest absolute Gasteiger partial charge is 0.491 e. The summed E-state index contributed by atoms with van der Waals surface area (Å²) in [6.45, 7) is 14.6. The second kappa shape index (κ2) is 12.5. The van der Waals surface area contributed by atoms with Gasteiger partial charge < -0.3 is 19.8 Å². The molecule has 1 atom stereocenters. The highest BCUT2D eigenvalue weighted by molar-refractivity contribution is 7.90. The molecule has 2 aromatic carbocycles. The summed E-state index contributed by atoms with van der Waals surface area (Å²) in [6, 6.07) is 12.4. The summed E-state index contributed by atoms with van der Waals surface area (Å²) in [5.74, 6) is 0.548. The first-order chi connectivity index (χ1) is 17.5. The van der Waals surface area contributed by atoms with Crippen LogP contribution < -0.4 is 4.74 Å². The molecule has 0 saturated heterocycles. The Morgan fingerprint density at radius 1 is 1.00 bits per heavy atom. The van der Waals surface area contributed by atoms with Crippen LogP contribution in [0.4, 0.5) is 4.79 Å². The zero-order valence-electron chi connectivity index (χ0n) is 24.2. The first kappa shape index (κ1) is 31.6. The van der Waals surface area contributed by atoms with Gasteiger partial charge in [0.1, 0.15) is 22.2 Å². The molecule has 0 bridgehead atoms. The number of hydrogen-bond acceptors (Lipinski definition) is 5. The van der Waals surface area contributed by atoms with Crippen LogP contribution in [0.5, 0.6) is 5.75 Å². The maximum Gasteiger partial charge on any atom is 0.407 e. The third-order valence-electron chi connectivity index (χ3n) is 7.59. The van der Waals surface area contributed by atoms with Gasteiger partial charge in [-0.3, -0.25) is 0 Å². The van der Waals surface area contributed by atoms with Crippen molar-refractivity contribution in [2.24, 2.45) is 5.41 Å². The summed E-state index contributed by atoms with van der Waals surface area (Å²) >= 11 is 0. The Morgan fingerprint density at radius 2 is 1.55 bits per heavy atom. The molecule has 8 heteroatoms. The van der Waals surface area contributed by atoms with Gasteiger partial charge in [0.05, 0.1) is 11.9 Å². The molecule has 0 spiro atoms. The zero-order valence-corrected chi connectivity index (χ0v) is 25.0. The smallest absolute Gasteiger partial charge is 0.407 e. The lowest BCUT2D eigenvalue weighted by molar-refractivity contribution is 0.0216. The maximum absolute atomic E-state index is 11.7. The van der Waals surface area contributed by atoms with Gasteiger partial charge >= 0.3 is 6.09 Å². The molecule has 212 valence electrons. The van der Waals surface area contributed by atoms with Crippen LogP contribution in [0.3, 0.4) is 0 Å². The number of carbonyl (C=O) groups is 1. The fraction of sp³-hybridized carbons (Fsp3) is 0.567. The Kier molecular flexibility index (Phi) is 10.4. The van der Waals surface area contributed by atoms with Crippen LogP contribution in [0.1, 0.15) is 75.3 Å². The molecule has 38 heavy (non-hydrogen) atoms. The van der Waals surface area contributed by atoms with Gasteiger partial charge in [0.15, 0.2) is 0 Å². The van der Waals surface area contributed by atoms with E-state index in [1.807, 2.05) is 46.8 Å². The van der Waals surface area contributed by atoms with E-state index < -0.39 is 22.0 Å². The molecule has 0 aliphatic carbocycles. The Balaban J connectivity index is 2.34. The van der Waals surface area contributed by atoms with Crippen molar-refractivity contribution in [3.05, 3.63) is 64.2 Å². The summed E-state index contributed by atoms with van der Waals surface area (Å²) in [6.07, 6.45) is 1.15. The molecule has 0 saturated carbocycles. The van der Waals surface area contributed by atoms with E-state index in [0.29, 0.717) is 0 Å². The Labute approximate surface area is 228 Å². The number of amides is 1. The number of sulfone groups is 1. The molecule has 1 amide bonds. The molecule has 2 aromatic rings. The van der Waals surface area contributed by atoms with Crippen LogP contribution in [0.25, 0.3) is 0 Å². The molecule has 0 aliphatic rings. The number of rotatable bonds is 12. The molecule has 0 heterocycles. The lowest BCUT2D eigenvalue weighted by atomic mass is 9.70. The number of aliphatic hydroxyl groups excluding tert-OH is 1. The topological polar surface area (TPSA) is 104 Å². The predicted molar refractivity (Wildman–Crippen MR) is 153 cm³/mol. The van der Waals surface area contributed by atoms with Crippen molar-refractivity contribution >= 4 is 15.9 Å². The average molecular weight is 548 g/mol. The van der Waals surface area contributed by atoms with Gasteiger partial charge in [-0.2, -0.15) is 0 Å². The summed E-state index contributed by atoms with van der Waals surface area (Å²) in [7, 11) is -3.27. The first-order valence-corrected chi connectivity index (χ1v) is 15.3. The van der Waals surface area contributed by atoms with Crippen LogP contribution in [0.15, 0.2) is 36.4 Å². The number of nitrogens with zero attached hydrogens (tertiary/aromatic N) is 1. The van der Waals surface area contributed by atoms with Gasteiger partial charge in [0.2, 0.25) is 0 Å². The van der Waals surface area contributed by atoms with Crippen LogP contribution >= 0.6 is 0 Å². The molecule has 0 radical (unpaired) electrons. The van der Waals surface area contributed by atoms with E-state index in [2.05, 4.69) is 38.1 Å². The van der Waals surface area contributed by atoms with E-state index >= 15 is 0 Å². The molecule has 2 rings (SSSR count). The quantitative estimate of drug-likeness (QED) is 0.352. The van der Waals surface area contributed by atoms with Gasteiger partial charge in [-0.1, -0.05) is 65.0 Å². The first-order valence-electron chi connectivity index (χ1n) is 13.2. The van der Waals surface area contributed by atoms with Crippen LogP contribution in [-0.2, 0) is 21.8 Å². The zero-order chi connectivity index (χ0) is 28.9. The summed E-state index contributed by atoms with van der Waals surface area (Å²) in [5, 5.41) is 20.0. The van der Waals surface area contributed by atoms with Crippen LogP contribution in [0, 0.1) is 19.3 Å². The number of aryl methyl sites for hydroxylation is 2. The van der Waals surface area contributed by atoms with Crippen molar-refractivity contribution in [3.8, 4) is 5.75 Å². The number of aliphatic hydroxyl groups is 1. The number of hydrogen-bond donors (Lipinski definition) is 2. The second-order valence-corrected chi connectivity index (χ2v) is 13.7. The van der Waals surface area contributed by atoms with E-state index in [1.165, 1.54) is 5.56 Å². The number of ether oxygens (including phenoxy) is 1. The van der Waals surface area contributed by atoms with Crippen LogP contribution in [-0.4, -0.2) is 60.9 Å². The van der Waals surface area contributed by atoms with E-state index in [4.69, 9.17) is 4.74 Å². The molecular formula is C30H45NO6S. The Morgan fingerprint density at radius 3 is 2.00 bits per heavy atom. The predicted octanol–water partition coefficient (Wildman–Crippen LogP) is 5.72. The lowest BCUT2D eigenvalue weighted by Crippen LogP contribution is -2.33. The van der Waals surface area contributed by atoms with Gasteiger partial charge in [-0.05, 0) is 66.0 Å². The monoisotopic (exact) mass is 547 g/mol. The fourth-order valence-corrected chi connectivity index (χ4v) is 5.21. The number of carboxylic acid groups (broad SMARTS) is 1. The second-order valence-electron chi connectivity index (χ2n) is 11.4. The van der Waals surface area contributed by atoms with Crippen molar-refractivity contribution < 1.29 is 28.2 Å². The molecule has 0 fully saturated rings. The van der Waals surface area contributed by atoms with Gasteiger partial charge in [-0.15, -0.1) is 0 Å². The fourth-order valence-electron chi connectivity index (χ4n) is 4.66. The van der Waals surface area contributed by atoms with E-state index in [9.17, 15) is 23.4 Å². The highest BCUT2D eigenvalue weighted by Crippen LogP contribution is 2.41. The summed E-state index contributed by atoms with van der Waals surface area (Å²) < 4.78 is 29.0. The SMILES string of the molecule is CCC(CC)(c1ccc(CN(CCS(C)(=O)=O)C(=O)O)c(C)c1)c1ccc(OCC(O)C(C)(C)C)c(C)c1. The summed E-state index contributed by atoms with van der Waals surface area (Å²) in [5.41, 5.74) is 4.66. The minimum atomic E-state index is -3.27. The van der Waals surface area contributed by atoms with Crippen LogP contribution in [0.2, 0.25) is 0 Å². The Hall–Kier alpha value is -2.58. The van der Waals surface area contributed by atoms with E-state index in [-0.39, 0.29) is 36.3 Å². The summed E-state index contributed by atoms with van der Waals surface area (Å²) in [4.78, 5) is 12.9. The van der Waals surface area contributed by atoms with Crippen molar-refractivity contribution in [2.75, 3.05) is 25.2 Å². The standard InChI is InChI=1S/C30H45NO6S/c1-9-30(10-2,25-13-14-26(22(4)18-25)37-20-27(32)29(5,6)7)24-12-11-23(21(3)17-24)19-31(28(33)34)15-16-38(8,35)36/h11-14,17-18,27,32H,9-10,15-16,19-20H2,1-8H3,(H,33,34). The lowest BCUT2D eigenvalue weighted by Gasteiger charge is -2.34. The van der Waals surface area contributed by atoms with Gasteiger partial charge in [0.25, 0.3) is 0 Å². The van der Waals surface area contributed by atoms with Crippen molar-refractivity contribution in [3.63, 3.8) is 0 Å². The highest BCUT2D eigenvalue weighted by atomic mass is 32.2. The molecular weight excluding hydrogens is 502 g/mol. The molecule has 0 aliphatic heterocycles. The van der Waals surface area contributed by atoms with Crippen molar-refractivity contribution in [2.45, 2.75) is 79.4 Å². The average Bonchev–Trinajstić information content (AvgIpc) is 2.81. The van der Waals surface area contributed by atoms with Crippen molar-refractivity contribution in [1.82, 2.24) is 4.90 Å². The Bertz CT molecular complexity index is 1210. The third kappa shape index (κ3) is 7.96.